The molecule has 24 heavy (non-hydrogen) atoms. The van der Waals surface area contributed by atoms with Gasteiger partial charge in [-0.2, -0.15) is 0 Å². The van der Waals surface area contributed by atoms with E-state index in [9.17, 15) is 14.4 Å². The second-order valence-electron chi connectivity index (χ2n) is 5.15. The van der Waals surface area contributed by atoms with Gasteiger partial charge in [0.05, 0.1) is 17.9 Å². The number of ketones is 1. The van der Waals surface area contributed by atoms with Gasteiger partial charge in [-0.3, -0.25) is 14.5 Å². The maximum atomic E-state index is 12.4. The highest BCUT2D eigenvalue weighted by atomic mass is 16.5. The molecular formula is C19H15NO4. The molecule has 0 atom stereocenters. The van der Waals surface area contributed by atoms with Crippen LogP contribution >= 0.6 is 0 Å². The number of anilines is 1. The van der Waals surface area contributed by atoms with Gasteiger partial charge in [-0.1, -0.05) is 42.5 Å². The van der Waals surface area contributed by atoms with Crippen molar-refractivity contribution in [3.63, 3.8) is 0 Å². The minimum Gasteiger partial charge on any atom is -0.461 e. The second kappa shape index (κ2) is 6.50. The van der Waals surface area contributed by atoms with Crippen LogP contribution in [0.1, 0.15) is 22.8 Å². The van der Waals surface area contributed by atoms with Crippen molar-refractivity contribution in [2.24, 2.45) is 0 Å². The molecule has 0 aliphatic carbocycles. The predicted molar refractivity (Wildman–Crippen MR) is 89.3 cm³/mol. The van der Waals surface area contributed by atoms with Crippen molar-refractivity contribution in [1.82, 2.24) is 0 Å². The molecule has 120 valence electrons. The predicted octanol–water partition coefficient (Wildman–Crippen LogP) is 2.82. The lowest BCUT2D eigenvalue weighted by Gasteiger charge is -2.19. The molecule has 3 rings (SSSR count). The van der Waals surface area contributed by atoms with Gasteiger partial charge in [-0.25, -0.2) is 4.79 Å². The summed E-state index contributed by atoms with van der Waals surface area (Å²) in [5.74, 6) is -2.04. The van der Waals surface area contributed by atoms with Crippen molar-refractivity contribution in [3.05, 3.63) is 71.4 Å². The van der Waals surface area contributed by atoms with Crippen LogP contribution < -0.4 is 4.90 Å². The van der Waals surface area contributed by atoms with E-state index in [1.165, 1.54) is 0 Å². The lowest BCUT2D eigenvalue weighted by Crippen LogP contribution is -2.33. The molecule has 0 fully saturated rings. The summed E-state index contributed by atoms with van der Waals surface area (Å²) in [5.41, 5.74) is 1.42. The molecule has 1 aliphatic rings. The molecule has 0 bridgehead atoms. The Morgan fingerprint density at radius 2 is 1.71 bits per heavy atom. The van der Waals surface area contributed by atoms with Crippen molar-refractivity contribution < 1.29 is 19.1 Å². The average Bonchev–Trinajstić information content (AvgIpc) is 2.86. The zero-order valence-electron chi connectivity index (χ0n) is 13.1. The molecule has 0 saturated heterocycles. The molecule has 0 N–H and O–H groups in total. The molecule has 0 unspecified atom stereocenters. The van der Waals surface area contributed by atoms with Crippen molar-refractivity contribution in [3.8, 4) is 0 Å². The Morgan fingerprint density at radius 3 is 2.42 bits per heavy atom. The number of esters is 1. The number of hydrogen-bond acceptors (Lipinski definition) is 4. The number of ether oxygens (including phenoxy) is 1. The normalized spacial score (nSPS) is 13.9. The zero-order valence-corrected chi connectivity index (χ0v) is 13.1. The van der Waals surface area contributed by atoms with E-state index in [0.717, 1.165) is 10.5 Å². The Balaban J connectivity index is 2.13. The fourth-order valence-corrected chi connectivity index (χ4v) is 2.55. The number of benzene rings is 2. The maximum absolute atomic E-state index is 12.4. The largest absolute Gasteiger partial charge is 0.461 e. The first kappa shape index (κ1) is 15.7. The Labute approximate surface area is 139 Å². The van der Waals surface area contributed by atoms with Crippen LogP contribution in [0.15, 0.2) is 60.3 Å². The molecule has 0 radical (unpaired) electrons. The Morgan fingerprint density at radius 1 is 1.04 bits per heavy atom. The summed E-state index contributed by atoms with van der Waals surface area (Å²) in [6.07, 6.45) is 1.55. The van der Waals surface area contributed by atoms with Gasteiger partial charge in [-0.15, -0.1) is 0 Å². The van der Waals surface area contributed by atoms with Crippen LogP contribution in [-0.4, -0.2) is 24.3 Å². The van der Waals surface area contributed by atoms with Gasteiger partial charge in [-0.05, 0) is 30.7 Å². The third kappa shape index (κ3) is 2.72. The highest BCUT2D eigenvalue weighted by Crippen LogP contribution is 2.32. The smallest absolute Gasteiger partial charge is 0.355 e. The lowest BCUT2D eigenvalue weighted by atomic mass is 10.1. The minimum absolute atomic E-state index is 0.0198. The zero-order chi connectivity index (χ0) is 17.1. The summed E-state index contributed by atoms with van der Waals surface area (Å²) in [5, 5.41) is 0. The molecular weight excluding hydrogens is 306 g/mol. The standard InChI is InChI=1S/C19H15NO4/c1-2-24-19(23)16(12-13-8-4-3-5-9-13)20-15-11-7-6-10-14(15)17(21)18(20)22/h3-12H,2H2,1H3. The number of amides is 1. The highest BCUT2D eigenvalue weighted by Gasteiger charge is 2.39. The Hall–Kier alpha value is -3.21. The van der Waals surface area contributed by atoms with Gasteiger partial charge in [0.1, 0.15) is 5.70 Å². The fraction of sp³-hybridized carbons (Fsp3) is 0.105. The van der Waals surface area contributed by atoms with E-state index in [0.29, 0.717) is 5.69 Å². The number of para-hydroxylation sites is 1. The van der Waals surface area contributed by atoms with Gasteiger partial charge in [0, 0.05) is 0 Å². The number of rotatable bonds is 4. The number of hydrogen-bond donors (Lipinski definition) is 0. The van der Waals surface area contributed by atoms with Crippen molar-refractivity contribution in [2.75, 3.05) is 11.5 Å². The average molecular weight is 321 g/mol. The fourth-order valence-electron chi connectivity index (χ4n) is 2.55. The Kier molecular flexibility index (Phi) is 4.24. The minimum atomic E-state index is -0.758. The van der Waals surface area contributed by atoms with E-state index in [2.05, 4.69) is 0 Å². The van der Waals surface area contributed by atoms with Crippen LogP contribution in [0.5, 0.6) is 0 Å². The summed E-state index contributed by atoms with van der Waals surface area (Å²) in [7, 11) is 0. The van der Waals surface area contributed by atoms with Gasteiger partial charge < -0.3 is 4.74 Å². The second-order valence-corrected chi connectivity index (χ2v) is 5.15. The first-order valence-electron chi connectivity index (χ1n) is 7.55. The van der Waals surface area contributed by atoms with Crippen molar-refractivity contribution >= 4 is 29.4 Å². The van der Waals surface area contributed by atoms with Gasteiger partial charge in [0.15, 0.2) is 0 Å². The molecule has 1 amide bonds. The third-order valence-electron chi connectivity index (χ3n) is 3.62. The number of carbonyl (C=O) groups excluding carboxylic acids is 3. The number of fused-ring (bicyclic) bond motifs is 1. The summed E-state index contributed by atoms with van der Waals surface area (Å²) in [4.78, 5) is 38.1. The molecule has 5 heteroatoms. The summed E-state index contributed by atoms with van der Waals surface area (Å²) < 4.78 is 5.07. The first-order valence-corrected chi connectivity index (χ1v) is 7.55. The Bertz CT molecular complexity index is 839. The van der Waals surface area contributed by atoms with Gasteiger partial charge in [0.2, 0.25) is 0 Å². The van der Waals surface area contributed by atoms with Crippen molar-refractivity contribution in [1.29, 1.82) is 0 Å². The first-order chi connectivity index (χ1) is 11.6. The van der Waals surface area contributed by atoms with E-state index in [-0.39, 0.29) is 17.9 Å². The lowest BCUT2D eigenvalue weighted by molar-refractivity contribution is -0.139. The van der Waals surface area contributed by atoms with E-state index >= 15 is 0 Å². The molecule has 1 heterocycles. The molecule has 2 aromatic rings. The van der Waals surface area contributed by atoms with Gasteiger partial charge in [0.25, 0.3) is 5.78 Å². The van der Waals surface area contributed by atoms with E-state index in [1.807, 2.05) is 18.2 Å². The third-order valence-corrected chi connectivity index (χ3v) is 3.62. The van der Waals surface area contributed by atoms with Crippen LogP contribution in [0.2, 0.25) is 0 Å². The summed E-state index contributed by atoms with van der Waals surface area (Å²) >= 11 is 0. The van der Waals surface area contributed by atoms with E-state index < -0.39 is 17.7 Å². The molecule has 2 aromatic carbocycles. The van der Waals surface area contributed by atoms with Crippen LogP contribution in [0.4, 0.5) is 5.69 Å². The van der Waals surface area contributed by atoms with Gasteiger partial charge >= 0.3 is 11.9 Å². The summed E-state index contributed by atoms with van der Waals surface area (Å²) in [6.45, 7) is 1.85. The molecule has 0 spiro atoms. The molecule has 0 saturated carbocycles. The molecule has 5 nitrogen and oxygen atoms in total. The summed E-state index contributed by atoms with van der Waals surface area (Å²) in [6, 6.07) is 15.7. The van der Waals surface area contributed by atoms with E-state index in [1.54, 1.807) is 49.4 Å². The number of carbonyl (C=O) groups is 3. The van der Waals surface area contributed by atoms with Crippen molar-refractivity contribution in [2.45, 2.75) is 6.92 Å². The highest BCUT2D eigenvalue weighted by molar-refractivity contribution is 6.53. The van der Waals surface area contributed by atoms with E-state index in [4.69, 9.17) is 4.74 Å². The number of nitrogens with zero attached hydrogens (tertiary/aromatic N) is 1. The van der Waals surface area contributed by atoms with Crippen LogP contribution in [0, 0.1) is 0 Å². The number of Topliss-reactive ketones (excluding diaryl/α,β-unsaturated/α-hetero) is 1. The van der Waals surface area contributed by atoms with Crippen LogP contribution in [-0.2, 0) is 14.3 Å². The maximum Gasteiger partial charge on any atom is 0.355 e. The van der Waals surface area contributed by atoms with Crippen LogP contribution in [0.3, 0.4) is 0 Å². The molecule has 1 aliphatic heterocycles. The SMILES string of the molecule is CCOC(=O)C(=Cc1ccccc1)N1C(=O)C(=O)c2ccccc21. The van der Waals surface area contributed by atoms with Crippen LogP contribution in [0.25, 0.3) is 6.08 Å². The monoisotopic (exact) mass is 321 g/mol. The topological polar surface area (TPSA) is 63.7 Å². The molecule has 0 aromatic heterocycles. The quantitative estimate of drug-likeness (QED) is 0.493.